The Bertz CT molecular complexity index is 1240. The number of rotatable bonds is 7. The maximum Gasteiger partial charge on any atom is 0.257 e. The molecule has 0 bridgehead atoms. The van der Waals surface area contributed by atoms with Gasteiger partial charge in [0.2, 0.25) is 5.91 Å². The zero-order valence-electron chi connectivity index (χ0n) is 19.6. The standard InChI is InChI=1S/C27H29FN4O3/c28-21-10-8-20(9-11-21)26-30-24-17-31(16-19-5-2-1-3-6-19)13-12-23(24)27(34)32(26)18-25(33)29-15-22-7-4-14-35-22/h1-3,5-6,8-11,22H,4,7,12-18H2,(H,29,33). The van der Waals surface area contributed by atoms with Gasteiger partial charge in [-0.3, -0.25) is 19.1 Å². The second kappa shape index (κ2) is 10.5. The number of benzene rings is 2. The minimum atomic E-state index is -0.371. The van der Waals surface area contributed by atoms with Crippen LogP contribution in [0.1, 0.15) is 29.7 Å². The topological polar surface area (TPSA) is 76.5 Å². The van der Waals surface area contributed by atoms with Gasteiger partial charge < -0.3 is 10.1 Å². The Labute approximate surface area is 203 Å². The van der Waals surface area contributed by atoms with Crippen molar-refractivity contribution >= 4 is 5.91 Å². The van der Waals surface area contributed by atoms with E-state index in [4.69, 9.17) is 9.72 Å². The number of nitrogens with one attached hydrogen (secondary N) is 1. The predicted molar refractivity (Wildman–Crippen MR) is 130 cm³/mol. The van der Waals surface area contributed by atoms with Crippen molar-refractivity contribution in [2.45, 2.75) is 45.0 Å². The number of fused-ring (bicyclic) bond motifs is 1. The summed E-state index contributed by atoms with van der Waals surface area (Å²) in [6.45, 7) is 3.03. The first kappa shape index (κ1) is 23.4. The maximum atomic E-state index is 13.6. The summed E-state index contributed by atoms with van der Waals surface area (Å²) in [6, 6.07) is 16.0. The molecule has 0 aliphatic carbocycles. The van der Waals surface area contributed by atoms with E-state index in [9.17, 15) is 14.0 Å². The van der Waals surface area contributed by atoms with Gasteiger partial charge in [-0.25, -0.2) is 9.37 Å². The molecule has 0 spiro atoms. The normalized spacial score (nSPS) is 17.8. The molecule has 35 heavy (non-hydrogen) atoms. The molecule has 2 aliphatic heterocycles. The molecule has 0 radical (unpaired) electrons. The molecule has 8 heteroatoms. The summed E-state index contributed by atoms with van der Waals surface area (Å²) in [5.74, 6) is -0.263. The monoisotopic (exact) mass is 476 g/mol. The van der Waals surface area contributed by atoms with E-state index in [0.717, 1.165) is 25.9 Å². The van der Waals surface area contributed by atoms with Gasteiger partial charge in [0.15, 0.2) is 0 Å². The third kappa shape index (κ3) is 5.49. The number of hydrogen-bond acceptors (Lipinski definition) is 5. The van der Waals surface area contributed by atoms with Gasteiger partial charge >= 0.3 is 0 Å². The predicted octanol–water partition coefficient (Wildman–Crippen LogP) is 2.90. The van der Waals surface area contributed by atoms with Crippen molar-refractivity contribution in [3.8, 4) is 11.4 Å². The molecule has 5 rings (SSSR count). The van der Waals surface area contributed by atoms with Crippen LogP contribution >= 0.6 is 0 Å². The van der Waals surface area contributed by atoms with Crippen LogP contribution in [0.15, 0.2) is 59.4 Å². The van der Waals surface area contributed by atoms with Gasteiger partial charge in [-0.05, 0) is 49.1 Å². The van der Waals surface area contributed by atoms with Gasteiger partial charge in [-0.1, -0.05) is 30.3 Å². The Balaban J connectivity index is 1.42. The van der Waals surface area contributed by atoms with Crippen molar-refractivity contribution in [3.63, 3.8) is 0 Å². The Morgan fingerprint density at radius 1 is 1.14 bits per heavy atom. The van der Waals surface area contributed by atoms with Crippen molar-refractivity contribution in [3.05, 3.63) is 87.6 Å². The molecule has 2 aromatic carbocycles. The third-order valence-corrected chi connectivity index (χ3v) is 6.60. The van der Waals surface area contributed by atoms with Crippen molar-refractivity contribution in [2.24, 2.45) is 0 Å². The summed E-state index contributed by atoms with van der Waals surface area (Å²) in [7, 11) is 0. The summed E-state index contributed by atoms with van der Waals surface area (Å²) in [5, 5.41) is 2.88. The lowest BCUT2D eigenvalue weighted by atomic mass is 10.0. The van der Waals surface area contributed by atoms with Gasteiger partial charge in [0.05, 0.1) is 11.8 Å². The Morgan fingerprint density at radius 3 is 2.69 bits per heavy atom. The van der Waals surface area contributed by atoms with Crippen LogP contribution in [-0.2, 0) is 35.6 Å². The highest BCUT2D eigenvalue weighted by molar-refractivity contribution is 5.76. The quantitative estimate of drug-likeness (QED) is 0.568. The van der Waals surface area contributed by atoms with Gasteiger partial charge in [0.25, 0.3) is 5.56 Å². The average Bonchev–Trinajstić information content (AvgIpc) is 3.39. The fourth-order valence-corrected chi connectivity index (χ4v) is 4.76. The van der Waals surface area contributed by atoms with E-state index in [1.165, 1.54) is 22.3 Å². The van der Waals surface area contributed by atoms with Crippen molar-refractivity contribution in [2.75, 3.05) is 19.7 Å². The van der Waals surface area contributed by atoms with E-state index in [1.807, 2.05) is 18.2 Å². The number of aromatic nitrogens is 2. The second-order valence-corrected chi connectivity index (χ2v) is 9.14. The summed E-state index contributed by atoms with van der Waals surface area (Å²) < 4.78 is 20.6. The van der Waals surface area contributed by atoms with E-state index < -0.39 is 0 Å². The average molecular weight is 477 g/mol. The van der Waals surface area contributed by atoms with Crippen LogP contribution in [-0.4, -0.2) is 46.2 Å². The van der Waals surface area contributed by atoms with Crippen molar-refractivity contribution < 1.29 is 13.9 Å². The largest absolute Gasteiger partial charge is 0.376 e. The molecular weight excluding hydrogens is 447 g/mol. The molecule has 1 fully saturated rings. The van der Waals surface area contributed by atoms with E-state index >= 15 is 0 Å². The van der Waals surface area contributed by atoms with Gasteiger partial charge in [0, 0.05) is 43.9 Å². The number of carbonyl (C=O) groups excluding carboxylic acids is 1. The molecular formula is C27H29FN4O3. The molecule has 3 aromatic rings. The van der Waals surface area contributed by atoms with Gasteiger partial charge in [0.1, 0.15) is 18.2 Å². The van der Waals surface area contributed by atoms with Crippen molar-refractivity contribution in [1.82, 2.24) is 19.8 Å². The number of ether oxygens (including phenoxy) is 1. The molecule has 2 aliphatic rings. The maximum absolute atomic E-state index is 13.6. The third-order valence-electron chi connectivity index (χ3n) is 6.60. The summed E-state index contributed by atoms with van der Waals surface area (Å²) in [5.41, 5.74) is 2.95. The molecule has 1 amide bonds. The number of carbonyl (C=O) groups is 1. The molecule has 1 aromatic heterocycles. The number of halogens is 1. The number of hydrogen-bond donors (Lipinski definition) is 1. The number of amides is 1. The molecule has 3 heterocycles. The SMILES string of the molecule is O=C(Cn1c(-c2ccc(F)cc2)nc2c(c1=O)CCN(Cc1ccccc1)C2)NCC1CCCO1. The molecule has 1 unspecified atom stereocenters. The number of nitrogens with zero attached hydrogens (tertiary/aromatic N) is 3. The molecule has 1 saturated heterocycles. The fraction of sp³-hybridized carbons (Fsp3) is 0.370. The van der Waals surface area contributed by atoms with Crippen molar-refractivity contribution in [1.29, 1.82) is 0 Å². The van der Waals surface area contributed by atoms with Crippen LogP contribution in [0.5, 0.6) is 0 Å². The first-order valence-electron chi connectivity index (χ1n) is 12.1. The Morgan fingerprint density at radius 2 is 1.94 bits per heavy atom. The Kier molecular flexibility index (Phi) is 7.01. The highest BCUT2D eigenvalue weighted by Crippen LogP contribution is 2.22. The van der Waals surface area contributed by atoms with Crippen LogP contribution in [0, 0.1) is 5.82 Å². The van der Waals surface area contributed by atoms with Crippen LogP contribution in [0.2, 0.25) is 0 Å². The van der Waals surface area contributed by atoms with Gasteiger partial charge in [-0.2, -0.15) is 0 Å². The lowest BCUT2D eigenvalue weighted by Gasteiger charge is -2.29. The lowest BCUT2D eigenvalue weighted by Crippen LogP contribution is -2.41. The molecule has 7 nitrogen and oxygen atoms in total. The minimum absolute atomic E-state index is 0.0181. The van der Waals surface area contributed by atoms with Crippen LogP contribution < -0.4 is 10.9 Å². The summed E-state index contributed by atoms with van der Waals surface area (Å²) in [6.07, 6.45) is 2.49. The highest BCUT2D eigenvalue weighted by Gasteiger charge is 2.25. The van der Waals surface area contributed by atoms with E-state index in [0.29, 0.717) is 48.8 Å². The highest BCUT2D eigenvalue weighted by atomic mass is 19.1. The second-order valence-electron chi connectivity index (χ2n) is 9.14. The van der Waals surface area contributed by atoms with E-state index in [1.54, 1.807) is 12.1 Å². The van der Waals surface area contributed by atoms with Gasteiger partial charge in [-0.15, -0.1) is 0 Å². The fourth-order valence-electron chi connectivity index (χ4n) is 4.76. The zero-order chi connectivity index (χ0) is 24.2. The first-order valence-corrected chi connectivity index (χ1v) is 12.1. The van der Waals surface area contributed by atoms with E-state index in [2.05, 4.69) is 22.3 Å². The van der Waals surface area contributed by atoms with E-state index in [-0.39, 0.29) is 29.9 Å². The minimum Gasteiger partial charge on any atom is -0.376 e. The lowest BCUT2D eigenvalue weighted by molar-refractivity contribution is -0.122. The zero-order valence-corrected chi connectivity index (χ0v) is 19.6. The first-order chi connectivity index (χ1) is 17.1. The van der Waals surface area contributed by atoms with Crippen LogP contribution in [0.4, 0.5) is 4.39 Å². The summed E-state index contributed by atoms with van der Waals surface area (Å²) >= 11 is 0. The molecule has 1 N–H and O–H groups in total. The molecule has 0 saturated carbocycles. The van der Waals surface area contributed by atoms with Crippen LogP contribution in [0.3, 0.4) is 0 Å². The Hall–Kier alpha value is -3.36. The van der Waals surface area contributed by atoms with Crippen LogP contribution in [0.25, 0.3) is 11.4 Å². The smallest absolute Gasteiger partial charge is 0.257 e. The summed E-state index contributed by atoms with van der Waals surface area (Å²) in [4.78, 5) is 33.4. The molecule has 182 valence electrons. The molecule has 1 atom stereocenters.